The van der Waals surface area contributed by atoms with Crippen molar-refractivity contribution < 1.29 is 14.3 Å². The first-order valence-electron chi connectivity index (χ1n) is 6.88. The molecule has 0 atom stereocenters. The highest BCUT2D eigenvalue weighted by atomic mass is 16.5. The highest BCUT2D eigenvalue weighted by Gasteiger charge is 2.20. The van der Waals surface area contributed by atoms with Crippen molar-refractivity contribution in [3.8, 4) is 0 Å². The lowest BCUT2D eigenvalue weighted by atomic mass is 10.1. The monoisotopic (exact) mass is 289 g/mol. The number of hydrogen-bond donors (Lipinski definition) is 2. The molecule has 1 heterocycles. The molecule has 1 aromatic heterocycles. The number of H-pyrrole nitrogens is 1. The van der Waals surface area contributed by atoms with Crippen LogP contribution < -0.4 is 5.73 Å². The number of nitrogen functional groups attached to an aromatic ring is 1. The first kappa shape index (κ1) is 14.9. The Bertz CT molecular complexity index is 663. The van der Waals surface area contributed by atoms with Gasteiger partial charge < -0.3 is 20.4 Å². The number of fused-ring (bicyclic) bond motifs is 1. The molecule has 0 spiro atoms. The second-order valence-corrected chi connectivity index (χ2v) is 4.63. The molecule has 0 aliphatic rings. The molecule has 0 fully saturated rings. The zero-order valence-electron chi connectivity index (χ0n) is 12.2. The molecular weight excluding hydrogens is 270 g/mol. The fourth-order valence-corrected chi connectivity index (χ4v) is 2.18. The van der Waals surface area contributed by atoms with Gasteiger partial charge in [0.25, 0.3) is 5.91 Å². The molecule has 1 amide bonds. The smallest absolute Gasteiger partial charge is 0.325 e. The van der Waals surface area contributed by atoms with Crippen LogP contribution in [0.15, 0.2) is 24.4 Å². The number of carbonyl (C=O) groups excluding carboxylic acids is 2. The fraction of sp³-hybridized carbons (Fsp3) is 0.333. The summed E-state index contributed by atoms with van der Waals surface area (Å²) >= 11 is 0. The van der Waals surface area contributed by atoms with Crippen LogP contribution in [0.25, 0.3) is 10.9 Å². The predicted molar refractivity (Wildman–Crippen MR) is 80.9 cm³/mol. The molecule has 0 aliphatic heterocycles. The topological polar surface area (TPSA) is 88.4 Å². The van der Waals surface area contributed by atoms with Gasteiger partial charge in [0, 0.05) is 29.3 Å². The molecule has 2 aromatic rings. The summed E-state index contributed by atoms with van der Waals surface area (Å²) in [4.78, 5) is 28.6. The molecule has 0 saturated carbocycles. The summed E-state index contributed by atoms with van der Waals surface area (Å²) in [5, 5.41) is 0.788. The van der Waals surface area contributed by atoms with Crippen molar-refractivity contribution in [1.82, 2.24) is 9.88 Å². The number of anilines is 1. The first-order chi connectivity index (χ1) is 10.1. The van der Waals surface area contributed by atoms with E-state index in [1.165, 1.54) is 4.90 Å². The van der Waals surface area contributed by atoms with Gasteiger partial charge in [-0.3, -0.25) is 9.59 Å². The number of nitrogens with two attached hydrogens (primary N) is 1. The van der Waals surface area contributed by atoms with Crippen LogP contribution in [-0.4, -0.2) is 41.5 Å². The van der Waals surface area contributed by atoms with Crippen molar-refractivity contribution in [3.05, 3.63) is 30.0 Å². The van der Waals surface area contributed by atoms with Gasteiger partial charge in [0.05, 0.1) is 12.2 Å². The van der Waals surface area contributed by atoms with E-state index in [1.54, 1.807) is 31.3 Å². The summed E-state index contributed by atoms with van der Waals surface area (Å²) in [5.41, 5.74) is 7.67. The molecule has 21 heavy (non-hydrogen) atoms. The number of amides is 1. The summed E-state index contributed by atoms with van der Waals surface area (Å²) < 4.78 is 4.89. The van der Waals surface area contributed by atoms with Crippen LogP contribution in [0.1, 0.15) is 24.2 Å². The van der Waals surface area contributed by atoms with E-state index in [0.717, 1.165) is 10.9 Å². The van der Waals surface area contributed by atoms with Crippen molar-refractivity contribution in [2.24, 2.45) is 0 Å². The zero-order valence-corrected chi connectivity index (χ0v) is 12.2. The number of nitrogens with zero attached hydrogens (tertiary/aromatic N) is 1. The normalized spacial score (nSPS) is 10.6. The highest BCUT2D eigenvalue weighted by Crippen LogP contribution is 2.22. The molecule has 6 heteroatoms. The molecule has 112 valence electrons. The largest absolute Gasteiger partial charge is 0.465 e. The quantitative estimate of drug-likeness (QED) is 0.648. The second kappa shape index (κ2) is 6.30. The summed E-state index contributed by atoms with van der Waals surface area (Å²) in [5.74, 6) is -0.613. The lowest BCUT2D eigenvalue weighted by Crippen LogP contribution is -2.36. The molecule has 2 rings (SSSR count). The summed E-state index contributed by atoms with van der Waals surface area (Å²) in [6.07, 6.45) is 1.64. The Kier molecular flexibility index (Phi) is 4.47. The van der Waals surface area contributed by atoms with Crippen LogP contribution in [0.5, 0.6) is 0 Å². The van der Waals surface area contributed by atoms with E-state index in [0.29, 0.717) is 24.4 Å². The maximum atomic E-state index is 12.5. The fourth-order valence-electron chi connectivity index (χ4n) is 2.18. The Morgan fingerprint density at radius 2 is 2.10 bits per heavy atom. The molecular formula is C15H19N3O3. The SMILES string of the molecule is CCOC(=O)CN(CC)C(=O)c1c[nH]c2cc(N)ccc12. The number of aromatic amines is 1. The standard InChI is InChI=1S/C15H19N3O3/c1-3-18(9-14(19)21-4-2)15(20)12-8-17-13-7-10(16)5-6-11(12)13/h5-8,17H,3-4,9,16H2,1-2H3. The summed E-state index contributed by atoms with van der Waals surface area (Å²) in [6.45, 7) is 4.24. The van der Waals surface area contributed by atoms with Crippen LogP contribution in [-0.2, 0) is 9.53 Å². The number of ether oxygens (including phenoxy) is 1. The third-order valence-corrected chi connectivity index (χ3v) is 3.23. The minimum absolute atomic E-state index is 0.0508. The number of hydrogen-bond acceptors (Lipinski definition) is 4. The summed E-state index contributed by atoms with van der Waals surface area (Å²) in [7, 11) is 0. The third-order valence-electron chi connectivity index (χ3n) is 3.23. The Labute approximate surface area is 122 Å². The van der Waals surface area contributed by atoms with Crippen LogP contribution in [0.3, 0.4) is 0 Å². The minimum atomic E-state index is -0.406. The molecule has 1 aromatic carbocycles. The van der Waals surface area contributed by atoms with Crippen molar-refractivity contribution in [1.29, 1.82) is 0 Å². The molecule has 6 nitrogen and oxygen atoms in total. The van der Waals surface area contributed by atoms with Gasteiger partial charge in [-0.15, -0.1) is 0 Å². The van der Waals surface area contributed by atoms with E-state index in [1.807, 2.05) is 6.92 Å². The van der Waals surface area contributed by atoms with E-state index in [4.69, 9.17) is 10.5 Å². The van der Waals surface area contributed by atoms with Gasteiger partial charge in [-0.1, -0.05) is 0 Å². The number of carbonyl (C=O) groups is 2. The Hall–Kier alpha value is -2.50. The van der Waals surface area contributed by atoms with Gasteiger partial charge in [-0.25, -0.2) is 0 Å². The van der Waals surface area contributed by atoms with Crippen LogP contribution in [0.4, 0.5) is 5.69 Å². The van der Waals surface area contributed by atoms with Gasteiger partial charge in [0.15, 0.2) is 0 Å². The number of aromatic nitrogens is 1. The average molecular weight is 289 g/mol. The maximum absolute atomic E-state index is 12.5. The van der Waals surface area contributed by atoms with Gasteiger partial charge >= 0.3 is 5.97 Å². The Morgan fingerprint density at radius 1 is 1.33 bits per heavy atom. The zero-order chi connectivity index (χ0) is 15.4. The number of esters is 1. The van der Waals surface area contributed by atoms with Crippen LogP contribution in [0.2, 0.25) is 0 Å². The van der Waals surface area contributed by atoms with E-state index >= 15 is 0 Å². The lowest BCUT2D eigenvalue weighted by Gasteiger charge is -2.19. The minimum Gasteiger partial charge on any atom is -0.465 e. The molecule has 0 bridgehead atoms. The maximum Gasteiger partial charge on any atom is 0.325 e. The molecule has 0 aliphatic carbocycles. The Balaban J connectivity index is 2.25. The molecule has 3 N–H and O–H groups in total. The van der Waals surface area contributed by atoms with E-state index in [9.17, 15) is 9.59 Å². The molecule has 0 radical (unpaired) electrons. The number of nitrogens with one attached hydrogen (secondary N) is 1. The van der Waals surface area contributed by atoms with Crippen molar-refractivity contribution in [3.63, 3.8) is 0 Å². The number of likely N-dealkylation sites (N-methyl/N-ethyl adjacent to an activating group) is 1. The second-order valence-electron chi connectivity index (χ2n) is 4.63. The van der Waals surface area contributed by atoms with Gasteiger partial charge in [-0.05, 0) is 32.0 Å². The number of rotatable bonds is 5. The van der Waals surface area contributed by atoms with Crippen molar-refractivity contribution >= 4 is 28.5 Å². The van der Waals surface area contributed by atoms with E-state index in [-0.39, 0.29) is 12.5 Å². The van der Waals surface area contributed by atoms with Gasteiger partial charge in [-0.2, -0.15) is 0 Å². The average Bonchev–Trinajstić information content (AvgIpc) is 2.87. The highest BCUT2D eigenvalue weighted by molar-refractivity contribution is 6.07. The lowest BCUT2D eigenvalue weighted by molar-refractivity contribution is -0.143. The van der Waals surface area contributed by atoms with Crippen molar-refractivity contribution in [2.45, 2.75) is 13.8 Å². The molecule has 0 unspecified atom stereocenters. The van der Waals surface area contributed by atoms with Gasteiger partial charge in [0.2, 0.25) is 0 Å². The Morgan fingerprint density at radius 3 is 2.76 bits per heavy atom. The van der Waals surface area contributed by atoms with E-state index in [2.05, 4.69) is 4.98 Å². The van der Waals surface area contributed by atoms with Crippen LogP contribution >= 0.6 is 0 Å². The van der Waals surface area contributed by atoms with Crippen molar-refractivity contribution in [2.75, 3.05) is 25.4 Å². The predicted octanol–water partition coefficient (Wildman–Crippen LogP) is 1.78. The van der Waals surface area contributed by atoms with Gasteiger partial charge in [0.1, 0.15) is 6.54 Å². The van der Waals surface area contributed by atoms with Crippen LogP contribution in [0, 0.1) is 0 Å². The summed E-state index contributed by atoms with van der Waals surface area (Å²) in [6, 6.07) is 5.31. The number of benzene rings is 1. The third kappa shape index (κ3) is 3.16. The first-order valence-corrected chi connectivity index (χ1v) is 6.88. The molecule has 0 saturated heterocycles. The van der Waals surface area contributed by atoms with E-state index < -0.39 is 5.97 Å².